The van der Waals surface area contributed by atoms with Crippen molar-refractivity contribution in [2.24, 2.45) is 0 Å². The second kappa shape index (κ2) is 14.3. The number of rotatable bonds is 7. The maximum Gasteiger partial charge on any atom is 0.160 e. The first-order valence-corrected chi connectivity index (χ1v) is 20.8. The summed E-state index contributed by atoms with van der Waals surface area (Å²) in [6, 6.07) is 80.4. The maximum atomic E-state index is 5.10. The normalized spacial score (nSPS) is 11.6. The Labute approximate surface area is 353 Å². The van der Waals surface area contributed by atoms with Crippen molar-refractivity contribution in [2.45, 2.75) is 0 Å². The average Bonchev–Trinajstić information content (AvgIpc) is 3.87. The van der Waals surface area contributed by atoms with Crippen LogP contribution < -0.4 is 0 Å². The molecule has 0 unspecified atom stereocenters. The molecule has 0 aliphatic rings. The van der Waals surface area contributed by atoms with E-state index in [0.29, 0.717) is 5.82 Å². The topological polar surface area (TPSA) is 30.2 Å². The highest BCUT2D eigenvalue weighted by Crippen LogP contribution is 2.43. The van der Waals surface area contributed by atoms with Crippen LogP contribution in [0.2, 0.25) is 0 Å². The summed E-state index contributed by atoms with van der Waals surface area (Å²) in [6.45, 7) is 0. The number of benzene rings is 9. The van der Waals surface area contributed by atoms with Crippen LogP contribution in [-0.2, 0) is 0 Å². The zero-order valence-corrected chi connectivity index (χ0v) is 33.2. The van der Waals surface area contributed by atoms with Crippen molar-refractivity contribution in [3.05, 3.63) is 224 Å². The molecule has 0 N–H and O–H groups in total. The summed E-state index contributed by atoms with van der Waals surface area (Å²) in [5, 5.41) is 5.18. The standard InChI is InChI=1S/C58H37N3/c1-3-15-38(16-4-1)53-37-54(39-17-5-2-6-18-39)60-58(59-53)47-26-12-24-45(36-47)43-22-10-20-41(34-43)40-19-9-21-42(33-40)44-23-11-25-46(35-44)48-28-13-30-51-52-31-14-29-50-49-27-7-8-32-55(49)61(56(48)51)57(50)52/h1-37H. The third-order valence-corrected chi connectivity index (χ3v) is 12.1. The van der Waals surface area contributed by atoms with Crippen LogP contribution in [-0.4, -0.2) is 14.4 Å². The number of hydrogen-bond donors (Lipinski definition) is 0. The minimum absolute atomic E-state index is 0.702. The van der Waals surface area contributed by atoms with Crippen LogP contribution in [0, 0.1) is 0 Å². The predicted molar refractivity (Wildman–Crippen MR) is 255 cm³/mol. The molecule has 3 nitrogen and oxygen atoms in total. The largest absolute Gasteiger partial charge is 0.307 e. The summed E-state index contributed by atoms with van der Waals surface area (Å²) in [7, 11) is 0. The van der Waals surface area contributed by atoms with E-state index in [2.05, 4.69) is 217 Å². The van der Waals surface area contributed by atoms with E-state index in [9.17, 15) is 0 Å². The molecule has 0 aliphatic heterocycles. The van der Waals surface area contributed by atoms with Gasteiger partial charge in [0.15, 0.2) is 5.82 Å². The monoisotopic (exact) mass is 775 g/mol. The van der Waals surface area contributed by atoms with Crippen LogP contribution in [0.1, 0.15) is 0 Å². The Kier molecular flexibility index (Phi) is 8.17. The molecule has 3 heteroatoms. The molecule has 9 aromatic carbocycles. The Bertz CT molecular complexity index is 3530. The Morgan fingerprint density at radius 2 is 0.639 bits per heavy atom. The number of fused-ring (bicyclic) bond motifs is 6. The molecule has 0 fully saturated rings. The maximum absolute atomic E-state index is 5.10. The zero-order chi connectivity index (χ0) is 40.3. The van der Waals surface area contributed by atoms with Gasteiger partial charge in [0, 0.05) is 43.8 Å². The fourth-order valence-corrected chi connectivity index (χ4v) is 9.25. The molecule has 12 aromatic rings. The third-order valence-electron chi connectivity index (χ3n) is 12.1. The molecule has 0 radical (unpaired) electrons. The SMILES string of the molecule is c1ccc(-c2cc(-c3ccccc3)nc(-c3cccc(-c4cccc(-c5cccc(-c6cccc(-c7cccc8c9cccc%10c%11ccccc%11n(c78)c%109)c6)c5)c4)c3)n2)cc1. The molecule has 12 rings (SSSR count). The van der Waals surface area contributed by atoms with Gasteiger partial charge in [0.1, 0.15) is 0 Å². The quantitative estimate of drug-likeness (QED) is 0.161. The molecule has 0 atom stereocenters. The number of nitrogens with zero attached hydrogens (tertiary/aromatic N) is 3. The number of hydrogen-bond acceptors (Lipinski definition) is 2. The lowest BCUT2D eigenvalue weighted by molar-refractivity contribution is 1.18. The Morgan fingerprint density at radius 1 is 0.262 bits per heavy atom. The van der Waals surface area contributed by atoms with E-state index in [1.54, 1.807) is 0 Å². The van der Waals surface area contributed by atoms with Crippen molar-refractivity contribution < 1.29 is 0 Å². The molecule has 0 saturated carbocycles. The van der Waals surface area contributed by atoms with Gasteiger partial charge in [-0.1, -0.05) is 188 Å². The molecule has 0 saturated heterocycles. The van der Waals surface area contributed by atoms with Crippen LogP contribution in [0.5, 0.6) is 0 Å². The van der Waals surface area contributed by atoms with Gasteiger partial charge in [0.05, 0.1) is 27.9 Å². The minimum atomic E-state index is 0.702. The summed E-state index contributed by atoms with van der Waals surface area (Å²) in [5.74, 6) is 0.702. The molecule has 3 aromatic heterocycles. The summed E-state index contributed by atoms with van der Waals surface area (Å²) < 4.78 is 2.48. The zero-order valence-electron chi connectivity index (χ0n) is 33.2. The van der Waals surface area contributed by atoms with Crippen molar-refractivity contribution in [3.63, 3.8) is 0 Å². The van der Waals surface area contributed by atoms with Gasteiger partial charge in [-0.25, -0.2) is 9.97 Å². The highest BCUT2D eigenvalue weighted by molar-refractivity contribution is 6.25. The van der Waals surface area contributed by atoms with Crippen molar-refractivity contribution in [1.82, 2.24) is 14.4 Å². The van der Waals surface area contributed by atoms with Crippen LogP contribution >= 0.6 is 0 Å². The summed E-state index contributed by atoms with van der Waals surface area (Å²) in [4.78, 5) is 10.2. The first-order valence-electron chi connectivity index (χ1n) is 20.8. The summed E-state index contributed by atoms with van der Waals surface area (Å²) in [5.41, 5.74) is 18.1. The number of aromatic nitrogens is 3. The molecular weight excluding hydrogens is 739 g/mol. The van der Waals surface area contributed by atoms with E-state index in [1.807, 2.05) is 12.1 Å². The predicted octanol–water partition coefficient (Wildman–Crippen LogP) is 15.3. The Hall–Kier alpha value is -8.14. The van der Waals surface area contributed by atoms with E-state index >= 15 is 0 Å². The second-order valence-corrected chi connectivity index (χ2v) is 15.8. The Balaban J connectivity index is 0.901. The van der Waals surface area contributed by atoms with E-state index < -0.39 is 0 Å². The van der Waals surface area contributed by atoms with Gasteiger partial charge in [-0.3, -0.25) is 0 Å². The Morgan fingerprint density at radius 3 is 1.21 bits per heavy atom. The smallest absolute Gasteiger partial charge is 0.160 e. The average molecular weight is 776 g/mol. The van der Waals surface area contributed by atoms with Gasteiger partial charge in [-0.2, -0.15) is 0 Å². The first kappa shape index (κ1) is 34.9. The molecule has 0 amide bonds. The van der Waals surface area contributed by atoms with Gasteiger partial charge in [0.25, 0.3) is 0 Å². The fraction of sp³-hybridized carbons (Fsp3) is 0. The number of para-hydroxylation sites is 3. The van der Waals surface area contributed by atoms with E-state index in [0.717, 1.165) is 44.8 Å². The van der Waals surface area contributed by atoms with Crippen molar-refractivity contribution in [2.75, 3.05) is 0 Å². The molecule has 284 valence electrons. The second-order valence-electron chi connectivity index (χ2n) is 15.8. The van der Waals surface area contributed by atoms with Crippen molar-refractivity contribution in [3.8, 4) is 78.4 Å². The molecule has 0 aliphatic carbocycles. The van der Waals surface area contributed by atoms with Crippen LogP contribution in [0.15, 0.2) is 224 Å². The molecular formula is C58H37N3. The molecule has 61 heavy (non-hydrogen) atoms. The lowest BCUT2D eigenvalue weighted by Gasteiger charge is -2.12. The van der Waals surface area contributed by atoms with Crippen LogP contribution in [0.4, 0.5) is 0 Å². The lowest BCUT2D eigenvalue weighted by atomic mass is 9.94. The minimum Gasteiger partial charge on any atom is -0.307 e. The lowest BCUT2D eigenvalue weighted by Crippen LogP contribution is -1.96. The van der Waals surface area contributed by atoms with Crippen molar-refractivity contribution >= 4 is 38.1 Å². The molecule has 0 bridgehead atoms. The van der Waals surface area contributed by atoms with Crippen LogP contribution in [0.25, 0.3) is 117 Å². The highest BCUT2D eigenvalue weighted by Gasteiger charge is 2.20. The summed E-state index contributed by atoms with van der Waals surface area (Å²) in [6.07, 6.45) is 0. The third kappa shape index (κ3) is 5.98. The van der Waals surface area contributed by atoms with Crippen LogP contribution in [0.3, 0.4) is 0 Å². The summed E-state index contributed by atoms with van der Waals surface area (Å²) >= 11 is 0. The van der Waals surface area contributed by atoms with E-state index in [4.69, 9.17) is 9.97 Å². The van der Waals surface area contributed by atoms with E-state index in [-0.39, 0.29) is 0 Å². The van der Waals surface area contributed by atoms with Gasteiger partial charge < -0.3 is 4.40 Å². The fourth-order valence-electron chi connectivity index (χ4n) is 9.25. The molecule has 3 heterocycles. The van der Waals surface area contributed by atoms with Crippen molar-refractivity contribution in [1.29, 1.82) is 0 Å². The van der Waals surface area contributed by atoms with Gasteiger partial charge in [-0.15, -0.1) is 0 Å². The van der Waals surface area contributed by atoms with Gasteiger partial charge >= 0.3 is 0 Å². The first-order chi connectivity index (χ1) is 30.2. The van der Waals surface area contributed by atoms with Gasteiger partial charge in [-0.05, 0) is 75.3 Å². The van der Waals surface area contributed by atoms with Gasteiger partial charge in [0.2, 0.25) is 0 Å². The van der Waals surface area contributed by atoms with E-state index in [1.165, 1.54) is 65.9 Å². The highest BCUT2D eigenvalue weighted by atomic mass is 14.9. The molecule has 0 spiro atoms.